The first-order chi connectivity index (χ1) is 9.70. The van der Waals surface area contributed by atoms with Gasteiger partial charge < -0.3 is 11.1 Å². The van der Waals surface area contributed by atoms with Gasteiger partial charge in [0.05, 0.1) is 6.04 Å². The number of amides is 1. The van der Waals surface area contributed by atoms with Crippen LogP contribution in [0.25, 0.3) is 0 Å². The van der Waals surface area contributed by atoms with E-state index in [0.29, 0.717) is 12.5 Å². The van der Waals surface area contributed by atoms with Crippen LogP contribution in [0.15, 0.2) is 24.3 Å². The third-order valence-electron chi connectivity index (χ3n) is 4.49. The lowest BCUT2D eigenvalue weighted by atomic mass is 9.88. The molecule has 0 bridgehead atoms. The van der Waals surface area contributed by atoms with Crippen LogP contribution in [0.1, 0.15) is 31.2 Å². The van der Waals surface area contributed by atoms with Gasteiger partial charge >= 0.3 is 0 Å². The number of rotatable bonds is 5. The van der Waals surface area contributed by atoms with Crippen LogP contribution in [0.3, 0.4) is 0 Å². The Labute approximate surface area is 120 Å². The molecule has 2 fully saturated rings. The van der Waals surface area contributed by atoms with Crippen molar-refractivity contribution < 1.29 is 4.79 Å². The van der Waals surface area contributed by atoms with Crippen LogP contribution < -0.4 is 11.1 Å². The standard InChI is InChI=1S/C16H23N3O/c17-13-7-4-12(5-8-13)6-9-16(20)18-14-10-19(11-14)15-2-1-3-15/h4-5,7-8,14-15H,1-3,6,9-11,17H2,(H,18,20). The van der Waals surface area contributed by atoms with Crippen LogP contribution in [-0.4, -0.2) is 36.0 Å². The Bertz CT molecular complexity index is 461. The summed E-state index contributed by atoms with van der Waals surface area (Å²) in [5.74, 6) is 0.167. The molecular weight excluding hydrogens is 250 g/mol. The van der Waals surface area contributed by atoms with Gasteiger partial charge in [-0.1, -0.05) is 18.6 Å². The largest absolute Gasteiger partial charge is 0.399 e. The average Bonchev–Trinajstić information content (AvgIpc) is 2.33. The van der Waals surface area contributed by atoms with Crippen molar-refractivity contribution in [2.24, 2.45) is 0 Å². The number of nitrogens with two attached hydrogens (primary N) is 1. The van der Waals surface area contributed by atoms with Crippen molar-refractivity contribution in [2.45, 2.75) is 44.2 Å². The lowest BCUT2D eigenvalue weighted by molar-refractivity contribution is -0.123. The van der Waals surface area contributed by atoms with E-state index < -0.39 is 0 Å². The van der Waals surface area contributed by atoms with Gasteiger partial charge in [0.2, 0.25) is 5.91 Å². The maximum atomic E-state index is 11.9. The van der Waals surface area contributed by atoms with E-state index in [1.165, 1.54) is 24.8 Å². The molecule has 0 spiro atoms. The number of hydrogen-bond donors (Lipinski definition) is 2. The number of benzene rings is 1. The molecular formula is C16H23N3O. The zero-order valence-corrected chi connectivity index (χ0v) is 11.8. The van der Waals surface area contributed by atoms with Gasteiger partial charge in [0, 0.05) is 31.2 Å². The molecule has 1 amide bonds. The highest BCUT2D eigenvalue weighted by Crippen LogP contribution is 2.28. The third kappa shape index (κ3) is 3.12. The fraction of sp³-hybridized carbons (Fsp3) is 0.562. The van der Waals surface area contributed by atoms with E-state index in [4.69, 9.17) is 5.73 Å². The smallest absolute Gasteiger partial charge is 0.220 e. The lowest BCUT2D eigenvalue weighted by Gasteiger charge is -2.48. The molecule has 1 aliphatic heterocycles. The maximum Gasteiger partial charge on any atom is 0.220 e. The van der Waals surface area contributed by atoms with Crippen LogP contribution in [0, 0.1) is 0 Å². The van der Waals surface area contributed by atoms with Crippen molar-refractivity contribution in [3.05, 3.63) is 29.8 Å². The lowest BCUT2D eigenvalue weighted by Crippen LogP contribution is -2.63. The Hall–Kier alpha value is -1.55. The quantitative estimate of drug-likeness (QED) is 0.800. The predicted molar refractivity (Wildman–Crippen MR) is 80.3 cm³/mol. The molecule has 4 nitrogen and oxygen atoms in total. The molecule has 1 aliphatic carbocycles. The van der Waals surface area contributed by atoms with Gasteiger partial charge in [0.1, 0.15) is 0 Å². The second-order valence-electron chi connectivity index (χ2n) is 6.04. The SMILES string of the molecule is Nc1ccc(CCC(=O)NC2CN(C3CCC3)C2)cc1. The average molecular weight is 273 g/mol. The number of hydrogen-bond acceptors (Lipinski definition) is 3. The van der Waals surface area contributed by atoms with E-state index in [1.807, 2.05) is 24.3 Å². The summed E-state index contributed by atoms with van der Waals surface area (Å²) in [7, 11) is 0. The number of likely N-dealkylation sites (tertiary alicyclic amines) is 1. The van der Waals surface area contributed by atoms with E-state index >= 15 is 0 Å². The molecule has 1 heterocycles. The molecule has 1 aromatic rings. The second kappa shape index (κ2) is 5.83. The van der Waals surface area contributed by atoms with Gasteiger partial charge in [0.25, 0.3) is 0 Å². The Kier molecular flexibility index (Phi) is 3.92. The summed E-state index contributed by atoms with van der Waals surface area (Å²) in [5, 5.41) is 3.13. The summed E-state index contributed by atoms with van der Waals surface area (Å²) >= 11 is 0. The van der Waals surface area contributed by atoms with Gasteiger partial charge in [0.15, 0.2) is 0 Å². The van der Waals surface area contributed by atoms with E-state index in [-0.39, 0.29) is 5.91 Å². The van der Waals surface area contributed by atoms with Gasteiger partial charge in [-0.05, 0) is 37.0 Å². The molecule has 3 rings (SSSR count). The predicted octanol–water partition coefficient (Wildman–Crippen LogP) is 1.55. The molecule has 1 saturated heterocycles. The Balaban J connectivity index is 1.34. The maximum absolute atomic E-state index is 11.9. The zero-order valence-electron chi connectivity index (χ0n) is 11.8. The zero-order chi connectivity index (χ0) is 13.9. The van der Waals surface area contributed by atoms with Gasteiger partial charge in [-0.15, -0.1) is 0 Å². The number of carbonyl (C=O) groups excluding carboxylic acids is 1. The van der Waals surface area contributed by atoms with Crippen molar-refractivity contribution >= 4 is 11.6 Å². The molecule has 1 aromatic carbocycles. The molecule has 0 radical (unpaired) electrons. The monoisotopic (exact) mass is 273 g/mol. The minimum atomic E-state index is 0.167. The van der Waals surface area contributed by atoms with Gasteiger partial charge in [-0.25, -0.2) is 0 Å². The molecule has 20 heavy (non-hydrogen) atoms. The van der Waals surface area contributed by atoms with Crippen molar-refractivity contribution in [3.63, 3.8) is 0 Å². The summed E-state index contributed by atoms with van der Waals surface area (Å²) in [4.78, 5) is 14.4. The summed E-state index contributed by atoms with van der Waals surface area (Å²) in [6, 6.07) is 8.92. The number of carbonyl (C=O) groups is 1. The summed E-state index contributed by atoms with van der Waals surface area (Å²) in [6.07, 6.45) is 5.41. The van der Waals surface area contributed by atoms with Crippen molar-refractivity contribution in [3.8, 4) is 0 Å². The van der Waals surface area contributed by atoms with Crippen molar-refractivity contribution in [2.75, 3.05) is 18.8 Å². The molecule has 108 valence electrons. The van der Waals surface area contributed by atoms with Crippen LogP contribution in [0.2, 0.25) is 0 Å². The topological polar surface area (TPSA) is 58.4 Å². The van der Waals surface area contributed by atoms with Crippen LogP contribution in [-0.2, 0) is 11.2 Å². The molecule has 1 saturated carbocycles. The Morgan fingerprint density at radius 3 is 2.55 bits per heavy atom. The fourth-order valence-electron chi connectivity index (χ4n) is 2.90. The third-order valence-corrected chi connectivity index (χ3v) is 4.49. The van der Waals surface area contributed by atoms with Crippen LogP contribution in [0.4, 0.5) is 5.69 Å². The number of nitrogens with zero attached hydrogens (tertiary/aromatic N) is 1. The van der Waals surface area contributed by atoms with E-state index in [1.54, 1.807) is 0 Å². The number of nitrogen functional groups attached to an aromatic ring is 1. The second-order valence-corrected chi connectivity index (χ2v) is 6.04. The summed E-state index contributed by atoms with van der Waals surface area (Å²) in [5.41, 5.74) is 7.58. The summed E-state index contributed by atoms with van der Waals surface area (Å²) < 4.78 is 0. The highest BCUT2D eigenvalue weighted by atomic mass is 16.1. The fourth-order valence-corrected chi connectivity index (χ4v) is 2.90. The molecule has 2 aliphatic rings. The Morgan fingerprint density at radius 1 is 1.25 bits per heavy atom. The summed E-state index contributed by atoms with van der Waals surface area (Å²) in [6.45, 7) is 2.08. The Morgan fingerprint density at radius 2 is 1.95 bits per heavy atom. The molecule has 0 atom stereocenters. The van der Waals surface area contributed by atoms with Crippen molar-refractivity contribution in [1.82, 2.24) is 10.2 Å². The number of anilines is 1. The van der Waals surface area contributed by atoms with E-state index in [9.17, 15) is 4.79 Å². The number of aryl methyl sites for hydroxylation is 1. The van der Waals surface area contributed by atoms with Gasteiger partial charge in [-0.2, -0.15) is 0 Å². The molecule has 0 unspecified atom stereocenters. The van der Waals surface area contributed by atoms with Crippen LogP contribution >= 0.6 is 0 Å². The molecule has 4 heteroatoms. The van der Waals surface area contributed by atoms with E-state index in [2.05, 4.69) is 10.2 Å². The first-order valence-corrected chi connectivity index (χ1v) is 7.58. The molecule has 3 N–H and O–H groups in total. The normalized spacial score (nSPS) is 20.2. The highest BCUT2D eigenvalue weighted by molar-refractivity contribution is 5.76. The first kappa shape index (κ1) is 13.4. The number of nitrogens with one attached hydrogen (secondary N) is 1. The van der Waals surface area contributed by atoms with E-state index in [0.717, 1.165) is 31.2 Å². The van der Waals surface area contributed by atoms with Gasteiger partial charge in [-0.3, -0.25) is 9.69 Å². The highest BCUT2D eigenvalue weighted by Gasteiger charge is 2.35. The minimum Gasteiger partial charge on any atom is -0.399 e. The molecule has 0 aromatic heterocycles. The first-order valence-electron chi connectivity index (χ1n) is 7.58. The van der Waals surface area contributed by atoms with Crippen LogP contribution in [0.5, 0.6) is 0 Å². The van der Waals surface area contributed by atoms with Crippen molar-refractivity contribution in [1.29, 1.82) is 0 Å². The minimum absolute atomic E-state index is 0.167.